The van der Waals surface area contributed by atoms with Crippen LogP contribution in [0.5, 0.6) is 0 Å². The van der Waals surface area contributed by atoms with Crippen molar-refractivity contribution in [2.24, 2.45) is 0 Å². The molecule has 1 aliphatic rings. The average Bonchev–Trinajstić information content (AvgIpc) is 3.03. The first-order chi connectivity index (χ1) is 11.6. The Balaban J connectivity index is 1.66. The summed E-state index contributed by atoms with van der Waals surface area (Å²) < 4.78 is 0. The maximum Gasteiger partial charge on any atom is 0.321 e. The molecule has 0 fully saturated rings. The summed E-state index contributed by atoms with van der Waals surface area (Å²) in [6, 6.07) is 18.0. The Kier molecular flexibility index (Phi) is 5.16. The van der Waals surface area contributed by atoms with E-state index in [1.54, 1.807) is 11.8 Å². The number of hydrogen-bond acceptors (Lipinski definition) is 2. The molecule has 4 nitrogen and oxygen atoms in total. The van der Waals surface area contributed by atoms with E-state index < -0.39 is 6.10 Å². The number of para-hydroxylation sites is 1. The van der Waals surface area contributed by atoms with Crippen molar-refractivity contribution in [3.63, 3.8) is 0 Å². The molecule has 4 heteroatoms. The van der Waals surface area contributed by atoms with Crippen LogP contribution in [-0.4, -0.2) is 30.3 Å². The Morgan fingerprint density at radius 3 is 2.62 bits per heavy atom. The second-order valence-corrected chi connectivity index (χ2v) is 6.41. The van der Waals surface area contributed by atoms with E-state index in [1.165, 1.54) is 5.56 Å². The van der Waals surface area contributed by atoms with Gasteiger partial charge < -0.3 is 10.4 Å². The van der Waals surface area contributed by atoms with Crippen LogP contribution in [0.4, 0.5) is 10.5 Å². The molecule has 1 aliphatic heterocycles. The first kappa shape index (κ1) is 16.5. The highest BCUT2D eigenvalue weighted by Crippen LogP contribution is 2.27. The lowest BCUT2D eigenvalue weighted by molar-refractivity contribution is 0.173. The van der Waals surface area contributed by atoms with E-state index in [9.17, 15) is 9.90 Å². The van der Waals surface area contributed by atoms with Gasteiger partial charge in [-0.2, -0.15) is 0 Å². The Labute approximate surface area is 143 Å². The van der Waals surface area contributed by atoms with Gasteiger partial charge in [0, 0.05) is 24.7 Å². The molecule has 1 heterocycles. The molecule has 0 radical (unpaired) electrons. The van der Waals surface area contributed by atoms with Crippen LogP contribution < -0.4 is 10.2 Å². The molecule has 24 heavy (non-hydrogen) atoms. The van der Waals surface area contributed by atoms with Crippen LogP contribution in [0.15, 0.2) is 54.6 Å². The topological polar surface area (TPSA) is 52.6 Å². The summed E-state index contributed by atoms with van der Waals surface area (Å²) in [7, 11) is 0. The SMILES string of the molecule is CC(O)CC(CNC(=O)N1CCc2ccccc21)c1ccccc1. The highest BCUT2D eigenvalue weighted by Gasteiger charge is 2.25. The summed E-state index contributed by atoms with van der Waals surface area (Å²) in [5.41, 5.74) is 3.36. The van der Waals surface area contributed by atoms with Gasteiger partial charge in [0.2, 0.25) is 0 Å². The second-order valence-electron chi connectivity index (χ2n) is 6.41. The van der Waals surface area contributed by atoms with Crippen LogP contribution in [0.2, 0.25) is 0 Å². The molecule has 2 N–H and O–H groups in total. The number of fused-ring (bicyclic) bond motifs is 1. The molecule has 0 aromatic heterocycles. The number of urea groups is 1. The molecule has 0 spiro atoms. The van der Waals surface area contributed by atoms with Gasteiger partial charge in [-0.3, -0.25) is 4.90 Å². The zero-order valence-corrected chi connectivity index (χ0v) is 14.0. The fourth-order valence-electron chi connectivity index (χ4n) is 3.33. The summed E-state index contributed by atoms with van der Waals surface area (Å²) in [6.07, 6.45) is 1.12. The van der Waals surface area contributed by atoms with Crippen molar-refractivity contribution < 1.29 is 9.90 Å². The van der Waals surface area contributed by atoms with Crippen molar-refractivity contribution in [3.8, 4) is 0 Å². The van der Waals surface area contributed by atoms with Gasteiger partial charge in [0.1, 0.15) is 0 Å². The predicted molar refractivity (Wildman–Crippen MR) is 96.4 cm³/mol. The molecular formula is C20H24N2O2. The average molecular weight is 324 g/mol. The highest BCUT2D eigenvalue weighted by atomic mass is 16.3. The first-order valence-corrected chi connectivity index (χ1v) is 8.51. The second kappa shape index (κ2) is 7.49. The summed E-state index contributed by atoms with van der Waals surface area (Å²) in [6.45, 7) is 3.03. The number of rotatable bonds is 5. The third-order valence-corrected chi connectivity index (χ3v) is 4.53. The number of aliphatic hydroxyl groups excluding tert-OH is 1. The summed E-state index contributed by atoms with van der Waals surface area (Å²) in [5.74, 6) is 0.105. The van der Waals surface area contributed by atoms with Crippen molar-refractivity contribution in [2.75, 3.05) is 18.0 Å². The van der Waals surface area contributed by atoms with Gasteiger partial charge in [0.05, 0.1) is 6.10 Å². The van der Waals surface area contributed by atoms with Gasteiger partial charge in [-0.25, -0.2) is 4.79 Å². The number of nitrogens with one attached hydrogen (secondary N) is 1. The fourth-order valence-corrected chi connectivity index (χ4v) is 3.33. The maximum atomic E-state index is 12.6. The lowest BCUT2D eigenvalue weighted by Crippen LogP contribution is -2.41. The molecule has 2 amide bonds. The van der Waals surface area contributed by atoms with Crippen molar-refractivity contribution in [1.29, 1.82) is 0 Å². The zero-order chi connectivity index (χ0) is 16.9. The number of carbonyl (C=O) groups is 1. The number of carbonyl (C=O) groups excluding carboxylic acids is 1. The normalized spacial score (nSPS) is 15.7. The quantitative estimate of drug-likeness (QED) is 0.886. The summed E-state index contributed by atoms with van der Waals surface area (Å²) >= 11 is 0. The molecular weight excluding hydrogens is 300 g/mol. The molecule has 0 saturated heterocycles. The number of hydrogen-bond donors (Lipinski definition) is 2. The fraction of sp³-hybridized carbons (Fsp3) is 0.350. The maximum absolute atomic E-state index is 12.6. The Morgan fingerprint density at radius 1 is 1.17 bits per heavy atom. The van der Waals surface area contributed by atoms with E-state index >= 15 is 0 Å². The number of anilines is 1. The smallest absolute Gasteiger partial charge is 0.321 e. The summed E-state index contributed by atoms with van der Waals surface area (Å²) in [5, 5.41) is 12.8. The van der Waals surface area contributed by atoms with Crippen molar-refractivity contribution >= 4 is 11.7 Å². The van der Waals surface area contributed by atoms with Crippen LogP contribution in [0, 0.1) is 0 Å². The van der Waals surface area contributed by atoms with E-state index in [2.05, 4.69) is 11.4 Å². The third-order valence-electron chi connectivity index (χ3n) is 4.53. The lowest BCUT2D eigenvalue weighted by atomic mass is 9.93. The largest absolute Gasteiger partial charge is 0.393 e. The van der Waals surface area contributed by atoms with Crippen molar-refractivity contribution in [2.45, 2.75) is 31.8 Å². The standard InChI is InChI=1S/C20H24N2O2/c1-15(23)13-18(16-7-3-2-4-8-16)14-21-20(24)22-12-11-17-9-5-6-10-19(17)22/h2-10,15,18,23H,11-14H2,1H3,(H,21,24). The number of aliphatic hydroxyl groups is 1. The minimum Gasteiger partial charge on any atom is -0.393 e. The van der Waals surface area contributed by atoms with Crippen LogP contribution in [-0.2, 0) is 6.42 Å². The molecule has 0 bridgehead atoms. The summed E-state index contributed by atoms with van der Waals surface area (Å²) in [4.78, 5) is 14.4. The zero-order valence-electron chi connectivity index (χ0n) is 14.0. The van der Waals surface area contributed by atoms with Gasteiger partial charge in [-0.15, -0.1) is 0 Å². The van der Waals surface area contributed by atoms with Gasteiger partial charge >= 0.3 is 6.03 Å². The molecule has 2 aromatic rings. The van der Waals surface area contributed by atoms with Crippen LogP contribution >= 0.6 is 0 Å². The molecule has 2 aromatic carbocycles. The van der Waals surface area contributed by atoms with Crippen molar-refractivity contribution in [1.82, 2.24) is 5.32 Å². The van der Waals surface area contributed by atoms with E-state index in [-0.39, 0.29) is 11.9 Å². The number of nitrogens with zero attached hydrogens (tertiary/aromatic N) is 1. The van der Waals surface area contributed by atoms with Crippen LogP contribution in [0.25, 0.3) is 0 Å². The van der Waals surface area contributed by atoms with Gasteiger partial charge in [0.15, 0.2) is 0 Å². The van der Waals surface area contributed by atoms with Gasteiger partial charge in [-0.05, 0) is 37.0 Å². The molecule has 0 saturated carbocycles. The van der Waals surface area contributed by atoms with Crippen LogP contribution in [0.1, 0.15) is 30.4 Å². The first-order valence-electron chi connectivity index (χ1n) is 8.51. The van der Waals surface area contributed by atoms with E-state index in [4.69, 9.17) is 0 Å². The molecule has 2 atom stereocenters. The number of benzene rings is 2. The molecule has 2 unspecified atom stereocenters. The molecule has 126 valence electrons. The minimum absolute atomic E-state index is 0.0635. The monoisotopic (exact) mass is 324 g/mol. The molecule has 0 aliphatic carbocycles. The van der Waals surface area contributed by atoms with E-state index in [0.29, 0.717) is 13.0 Å². The van der Waals surface area contributed by atoms with Crippen LogP contribution in [0.3, 0.4) is 0 Å². The Hall–Kier alpha value is -2.33. The minimum atomic E-state index is -0.403. The Morgan fingerprint density at radius 2 is 1.88 bits per heavy atom. The lowest BCUT2D eigenvalue weighted by Gasteiger charge is -2.23. The van der Waals surface area contributed by atoms with Crippen molar-refractivity contribution in [3.05, 3.63) is 65.7 Å². The molecule has 3 rings (SSSR count). The number of amides is 2. The van der Waals surface area contributed by atoms with E-state index in [0.717, 1.165) is 24.2 Å². The van der Waals surface area contributed by atoms with E-state index in [1.807, 2.05) is 48.5 Å². The Bertz CT molecular complexity index is 685. The van der Waals surface area contributed by atoms with Gasteiger partial charge in [-0.1, -0.05) is 48.5 Å². The third kappa shape index (κ3) is 3.77. The van der Waals surface area contributed by atoms with Gasteiger partial charge in [0.25, 0.3) is 0 Å². The predicted octanol–water partition coefficient (Wildman–Crippen LogP) is 3.31. The highest BCUT2D eigenvalue weighted by molar-refractivity contribution is 5.94.